The van der Waals surface area contributed by atoms with Crippen molar-refractivity contribution >= 4 is 35.6 Å². The van der Waals surface area contributed by atoms with E-state index in [0.717, 1.165) is 16.7 Å². The molecule has 3 aromatic rings. The molecule has 4 rings (SSSR count). The van der Waals surface area contributed by atoms with E-state index >= 15 is 0 Å². The fourth-order valence-corrected chi connectivity index (χ4v) is 5.87. The maximum Gasteiger partial charge on any atom is 0.254 e. The van der Waals surface area contributed by atoms with E-state index in [9.17, 15) is 19.5 Å². The Bertz CT molecular complexity index is 1340. The topological polar surface area (TPSA) is 112 Å². The van der Waals surface area contributed by atoms with Gasteiger partial charge < -0.3 is 25.1 Å². The molecule has 0 bridgehead atoms. The summed E-state index contributed by atoms with van der Waals surface area (Å²) >= 11 is 1.48. The zero-order chi connectivity index (χ0) is 28.7. The first-order valence-corrected chi connectivity index (χ1v) is 14.1. The van der Waals surface area contributed by atoms with Crippen molar-refractivity contribution in [3.05, 3.63) is 102 Å². The van der Waals surface area contributed by atoms with Crippen LogP contribution in [-0.4, -0.2) is 56.5 Å². The molecule has 9 heteroatoms. The third kappa shape index (κ3) is 7.22. The van der Waals surface area contributed by atoms with Gasteiger partial charge in [-0.05, 0) is 62.1 Å². The summed E-state index contributed by atoms with van der Waals surface area (Å²) in [5, 5.41) is 17.1. The zero-order valence-corrected chi connectivity index (χ0v) is 23.7. The van der Waals surface area contributed by atoms with Crippen LogP contribution in [0.25, 0.3) is 6.08 Å². The number of furan rings is 1. The zero-order valence-electron chi connectivity index (χ0n) is 22.9. The number of amides is 3. The Labute approximate surface area is 238 Å². The first-order chi connectivity index (χ1) is 19.2. The summed E-state index contributed by atoms with van der Waals surface area (Å²) in [6, 6.07) is 18.8. The molecule has 40 heavy (non-hydrogen) atoms. The van der Waals surface area contributed by atoms with Crippen molar-refractivity contribution in [2.75, 3.05) is 5.88 Å². The lowest BCUT2D eigenvalue weighted by atomic mass is 9.97. The van der Waals surface area contributed by atoms with Crippen LogP contribution in [0, 0.1) is 6.92 Å². The molecule has 1 aliphatic rings. The highest BCUT2D eigenvalue weighted by atomic mass is 32.2. The first kappa shape index (κ1) is 29.2. The SMILES string of the molecule is Cc1ccccc1CNC(=O)[C@H]1N(C(=O)[C@@H](O)[C@H](Cc2ccccc2)NC(=O)C=Cc2ccco2)CSC1(C)C. The summed E-state index contributed by atoms with van der Waals surface area (Å²) in [5.41, 5.74) is 2.90. The van der Waals surface area contributed by atoms with Crippen molar-refractivity contribution in [3.8, 4) is 0 Å². The molecule has 1 fully saturated rings. The molecule has 3 N–H and O–H groups in total. The predicted octanol–water partition coefficient (Wildman–Crippen LogP) is 3.69. The molecule has 0 aliphatic carbocycles. The van der Waals surface area contributed by atoms with Gasteiger partial charge in [-0.1, -0.05) is 54.6 Å². The second-order valence-corrected chi connectivity index (χ2v) is 11.9. The van der Waals surface area contributed by atoms with Gasteiger partial charge in [0, 0.05) is 17.4 Å². The number of carbonyl (C=O) groups is 3. The lowest BCUT2D eigenvalue weighted by Gasteiger charge is -2.33. The lowest BCUT2D eigenvalue weighted by molar-refractivity contribution is -0.147. The number of aryl methyl sites for hydroxylation is 1. The van der Waals surface area contributed by atoms with Gasteiger partial charge in [-0.2, -0.15) is 0 Å². The highest BCUT2D eigenvalue weighted by Gasteiger charge is 2.49. The van der Waals surface area contributed by atoms with Gasteiger partial charge in [0.25, 0.3) is 5.91 Å². The van der Waals surface area contributed by atoms with E-state index in [1.807, 2.05) is 75.4 Å². The van der Waals surface area contributed by atoms with Gasteiger partial charge in [0.2, 0.25) is 11.8 Å². The number of hydrogen-bond donors (Lipinski definition) is 3. The van der Waals surface area contributed by atoms with Crippen LogP contribution < -0.4 is 10.6 Å². The van der Waals surface area contributed by atoms with Crippen LogP contribution in [0.5, 0.6) is 0 Å². The Hall–Kier alpha value is -3.82. The number of aliphatic hydroxyl groups is 1. The van der Waals surface area contributed by atoms with Crippen molar-refractivity contribution in [1.29, 1.82) is 0 Å². The van der Waals surface area contributed by atoms with Crippen LogP contribution in [0.4, 0.5) is 0 Å². The van der Waals surface area contributed by atoms with E-state index in [1.54, 1.807) is 12.1 Å². The van der Waals surface area contributed by atoms with Crippen LogP contribution in [0.2, 0.25) is 0 Å². The highest BCUT2D eigenvalue weighted by Crippen LogP contribution is 2.40. The average Bonchev–Trinajstić information content (AvgIpc) is 3.58. The maximum absolute atomic E-state index is 13.7. The minimum absolute atomic E-state index is 0.225. The largest absolute Gasteiger partial charge is 0.465 e. The Kier molecular flexibility index (Phi) is 9.50. The van der Waals surface area contributed by atoms with Gasteiger partial charge in [-0.15, -0.1) is 11.8 Å². The summed E-state index contributed by atoms with van der Waals surface area (Å²) in [7, 11) is 0. The summed E-state index contributed by atoms with van der Waals surface area (Å²) in [4.78, 5) is 41.4. The smallest absolute Gasteiger partial charge is 0.254 e. The van der Waals surface area contributed by atoms with E-state index < -0.39 is 34.7 Å². The molecule has 0 saturated carbocycles. The van der Waals surface area contributed by atoms with Crippen LogP contribution in [0.1, 0.15) is 36.3 Å². The normalized spacial score (nSPS) is 17.9. The van der Waals surface area contributed by atoms with Crippen LogP contribution in [-0.2, 0) is 27.3 Å². The van der Waals surface area contributed by atoms with Gasteiger partial charge in [0.05, 0.1) is 18.2 Å². The molecule has 1 saturated heterocycles. The Morgan fingerprint density at radius 1 is 1.10 bits per heavy atom. The number of rotatable bonds is 10. The Morgan fingerprint density at radius 3 is 2.52 bits per heavy atom. The Balaban J connectivity index is 1.50. The molecule has 210 valence electrons. The maximum atomic E-state index is 13.7. The summed E-state index contributed by atoms with van der Waals surface area (Å²) < 4.78 is 4.65. The fraction of sp³-hybridized carbons (Fsp3) is 0.323. The summed E-state index contributed by atoms with van der Waals surface area (Å²) in [6.07, 6.45) is 2.97. The molecule has 8 nitrogen and oxygen atoms in total. The molecule has 2 aromatic carbocycles. The monoisotopic (exact) mass is 561 g/mol. The quantitative estimate of drug-likeness (QED) is 0.326. The third-order valence-electron chi connectivity index (χ3n) is 6.99. The Morgan fingerprint density at radius 2 is 1.82 bits per heavy atom. The second kappa shape index (κ2) is 13.0. The molecule has 3 amide bonds. The lowest BCUT2D eigenvalue weighted by Crippen LogP contribution is -2.58. The van der Waals surface area contributed by atoms with Crippen molar-refractivity contribution < 1.29 is 23.9 Å². The van der Waals surface area contributed by atoms with E-state index in [4.69, 9.17) is 4.42 Å². The fourth-order valence-electron chi connectivity index (χ4n) is 4.73. The van der Waals surface area contributed by atoms with E-state index in [-0.39, 0.29) is 18.2 Å². The van der Waals surface area contributed by atoms with Gasteiger partial charge in [-0.25, -0.2) is 0 Å². The van der Waals surface area contributed by atoms with Crippen molar-refractivity contribution in [2.45, 2.75) is 56.7 Å². The van der Waals surface area contributed by atoms with Crippen LogP contribution in [0.15, 0.2) is 83.5 Å². The van der Waals surface area contributed by atoms with E-state index in [0.29, 0.717) is 12.3 Å². The molecule has 1 aromatic heterocycles. The highest BCUT2D eigenvalue weighted by molar-refractivity contribution is 8.00. The third-order valence-corrected chi connectivity index (χ3v) is 8.37. The number of aliphatic hydroxyl groups excluding tert-OH is 1. The molecule has 3 atom stereocenters. The molecular weight excluding hydrogens is 526 g/mol. The van der Waals surface area contributed by atoms with Crippen molar-refractivity contribution in [2.24, 2.45) is 0 Å². The van der Waals surface area contributed by atoms with Gasteiger partial charge in [-0.3, -0.25) is 14.4 Å². The number of nitrogens with one attached hydrogen (secondary N) is 2. The predicted molar refractivity (Wildman–Crippen MR) is 156 cm³/mol. The van der Waals surface area contributed by atoms with Crippen LogP contribution >= 0.6 is 11.8 Å². The van der Waals surface area contributed by atoms with Crippen molar-refractivity contribution in [1.82, 2.24) is 15.5 Å². The van der Waals surface area contributed by atoms with Gasteiger partial charge in [0.1, 0.15) is 11.8 Å². The molecule has 2 heterocycles. The summed E-state index contributed by atoms with van der Waals surface area (Å²) in [5.74, 6) is -0.625. The van der Waals surface area contributed by atoms with Crippen LogP contribution in [0.3, 0.4) is 0 Å². The van der Waals surface area contributed by atoms with Crippen molar-refractivity contribution in [3.63, 3.8) is 0 Å². The second-order valence-electron chi connectivity index (χ2n) is 10.3. The molecule has 1 aliphatic heterocycles. The molecule has 0 unspecified atom stereocenters. The van der Waals surface area contributed by atoms with E-state index in [1.165, 1.54) is 35.1 Å². The summed E-state index contributed by atoms with van der Waals surface area (Å²) in [6.45, 7) is 6.14. The van der Waals surface area contributed by atoms with Gasteiger partial charge >= 0.3 is 0 Å². The molecule has 0 radical (unpaired) electrons. The number of thioether (sulfide) groups is 1. The molecule has 0 spiro atoms. The standard InChI is InChI=1S/C31H35N3O5S/c1-21-10-7-8-13-23(21)19-32-29(37)28-31(2,3)40-20-34(28)30(38)27(36)25(18-22-11-5-4-6-12-22)33-26(35)16-15-24-14-9-17-39-24/h4-17,25,27-28,36H,18-20H2,1-3H3,(H,32,37)(H,33,35)/t25-,27-,28+/m0/s1. The first-order valence-electron chi connectivity index (χ1n) is 13.2. The molecular formula is C31H35N3O5S. The van der Waals surface area contributed by atoms with E-state index in [2.05, 4.69) is 10.6 Å². The minimum Gasteiger partial charge on any atom is -0.465 e. The average molecular weight is 562 g/mol. The minimum atomic E-state index is -1.57. The number of benzene rings is 2. The number of hydrogen-bond acceptors (Lipinski definition) is 6. The number of carbonyl (C=O) groups excluding carboxylic acids is 3. The van der Waals surface area contributed by atoms with Gasteiger partial charge in [0.15, 0.2) is 6.10 Å². The number of nitrogens with zero attached hydrogens (tertiary/aromatic N) is 1.